The van der Waals surface area contributed by atoms with E-state index in [1.165, 1.54) is 11.1 Å². The molecule has 1 aromatic heterocycles. The molecule has 4 nitrogen and oxygen atoms in total. The predicted molar refractivity (Wildman–Crippen MR) is 67.0 cm³/mol. The summed E-state index contributed by atoms with van der Waals surface area (Å²) in [4.78, 5) is 2.38. The Hall–Kier alpha value is -1.81. The van der Waals surface area contributed by atoms with Gasteiger partial charge in [0.1, 0.15) is 0 Å². The third-order valence-electron chi connectivity index (χ3n) is 3.17. The van der Waals surface area contributed by atoms with Crippen LogP contribution < -0.4 is 5.73 Å². The van der Waals surface area contributed by atoms with Crippen LogP contribution in [0.25, 0.3) is 0 Å². The smallest absolute Gasteiger partial charge is 0.0764 e. The summed E-state index contributed by atoms with van der Waals surface area (Å²) >= 11 is 0. The van der Waals surface area contributed by atoms with Crippen molar-refractivity contribution in [3.8, 4) is 0 Å². The van der Waals surface area contributed by atoms with E-state index in [0.29, 0.717) is 0 Å². The summed E-state index contributed by atoms with van der Waals surface area (Å²) in [5.74, 6) is 0. The maximum atomic E-state index is 5.80. The molecule has 1 aliphatic rings. The van der Waals surface area contributed by atoms with Crippen molar-refractivity contribution in [3.63, 3.8) is 0 Å². The lowest BCUT2D eigenvalue weighted by atomic mass is 10.1. The molecular formula is C13H16N4. The van der Waals surface area contributed by atoms with Gasteiger partial charge in [0.2, 0.25) is 0 Å². The van der Waals surface area contributed by atoms with E-state index in [0.717, 1.165) is 31.0 Å². The first-order valence-corrected chi connectivity index (χ1v) is 5.79. The van der Waals surface area contributed by atoms with Crippen LogP contribution in [0.1, 0.15) is 16.8 Å². The van der Waals surface area contributed by atoms with Crippen molar-refractivity contribution in [2.24, 2.45) is 7.05 Å². The zero-order valence-corrected chi connectivity index (χ0v) is 9.93. The number of anilines is 1. The highest BCUT2D eigenvalue weighted by Crippen LogP contribution is 2.25. The molecular weight excluding hydrogens is 212 g/mol. The van der Waals surface area contributed by atoms with Crippen LogP contribution >= 0.6 is 0 Å². The average Bonchev–Trinajstić information content (AvgIpc) is 2.84. The maximum absolute atomic E-state index is 5.80. The number of nitrogens with two attached hydrogens (primary N) is 1. The first kappa shape index (κ1) is 10.4. The molecule has 1 aliphatic heterocycles. The maximum Gasteiger partial charge on any atom is 0.0764 e. The standard InChI is InChI=1S/C13H16N4/c1-16-5-4-13(15-16)9-17-7-10-2-3-12(14)6-11(10)8-17/h2-6H,7-9,14H2,1H3. The monoisotopic (exact) mass is 228 g/mol. The van der Waals surface area contributed by atoms with Crippen molar-refractivity contribution in [3.05, 3.63) is 47.3 Å². The van der Waals surface area contributed by atoms with Gasteiger partial charge in [0.15, 0.2) is 0 Å². The first-order valence-electron chi connectivity index (χ1n) is 5.79. The molecule has 0 saturated carbocycles. The Labute approximate surface area is 101 Å². The highest BCUT2D eigenvalue weighted by Gasteiger charge is 2.19. The number of nitrogen functional groups attached to an aromatic ring is 1. The lowest BCUT2D eigenvalue weighted by Gasteiger charge is -2.12. The van der Waals surface area contributed by atoms with Crippen LogP contribution in [-0.4, -0.2) is 14.7 Å². The SMILES string of the molecule is Cn1ccc(CN2Cc3ccc(N)cc3C2)n1. The van der Waals surface area contributed by atoms with E-state index in [9.17, 15) is 0 Å². The molecule has 2 aromatic rings. The fourth-order valence-corrected chi connectivity index (χ4v) is 2.37. The Bertz CT molecular complexity index is 542. The van der Waals surface area contributed by atoms with E-state index in [1.54, 1.807) is 0 Å². The number of aromatic nitrogens is 2. The Morgan fingerprint density at radius 1 is 1.24 bits per heavy atom. The second-order valence-electron chi connectivity index (χ2n) is 4.65. The molecule has 0 fully saturated rings. The van der Waals surface area contributed by atoms with Gasteiger partial charge in [-0.3, -0.25) is 9.58 Å². The summed E-state index contributed by atoms with van der Waals surface area (Å²) in [7, 11) is 1.95. The minimum atomic E-state index is 0.850. The second kappa shape index (κ2) is 3.89. The van der Waals surface area contributed by atoms with E-state index in [4.69, 9.17) is 5.73 Å². The molecule has 88 valence electrons. The average molecular weight is 228 g/mol. The summed E-state index contributed by atoms with van der Waals surface area (Å²) in [6, 6.07) is 8.25. The molecule has 0 bridgehead atoms. The van der Waals surface area contributed by atoms with Crippen LogP contribution in [0.5, 0.6) is 0 Å². The van der Waals surface area contributed by atoms with Gasteiger partial charge in [0.05, 0.1) is 5.69 Å². The van der Waals surface area contributed by atoms with Crippen LogP contribution in [-0.2, 0) is 26.7 Å². The van der Waals surface area contributed by atoms with Crippen molar-refractivity contribution in [2.75, 3.05) is 5.73 Å². The minimum Gasteiger partial charge on any atom is -0.399 e. The lowest BCUT2D eigenvalue weighted by Crippen LogP contribution is -2.16. The third-order valence-corrected chi connectivity index (χ3v) is 3.17. The number of hydrogen-bond acceptors (Lipinski definition) is 3. The topological polar surface area (TPSA) is 47.1 Å². The Morgan fingerprint density at radius 2 is 2.06 bits per heavy atom. The fourth-order valence-electron chi connectivity index (χ4n) is 2.37. The lowest BCUT2D eigenvalue weighted by molar-refractivity contribution is 0.271. The van der Waals surface area contributed by atoms with Crippen molar-refractivity contribution in [2.45, 2.75) is 19.6 Å². The number of aryl methyl sites for hydroxylation is 1. The second-order valence-corrected chi connectivity index (χ2v) is 4.65. The van der Waals surface area contributed by atoms with E-state index >= 15 is 0 Å². The molecule has 1 aromatic carbocycles. The summed E-state index contributed by atoms with van der Waals surface area (Å²) in [6.07, 6.45) is 1.98. The Morgan fingerprint density at radius 3 is 2.82 bits per heavy atom. The molecule has 0 spiro atoms. The number of hydrogen-bond donors (Lipinski definition) is 1. The van der Waals surface area contributed by atoms with Crippen molar-refractivity contribution < 1.29 is 0 Å². The number of rotatable bonds is 2. The number of benzene rings is 1. The minimum absolute atomic E-state index is 0.850. The van der Waals surface area contributed by atoms with Gasteiger partial charge in [-0.2, -0.15) is 5.10 Å². The molecule has 0 atom stereocenters. The number of fused-ring (bicyclic) bond motifs is 1. The zero-order chi connectivity index (χ0) is 11.8. The van der Waals surface area contributed by atoms with Gasteiger partial charge in [-0.1, -0.05) is 6.07 Å². The molecule has 0 radical (unpaired) electrons. The predicted octanol–water partition coefficient (Wildman–Crippen LogP) is 1.52. The molecule has 0 amide bonds. The molecule has 2 heterocycles. The first-order chi connectivity index (χ1) is 8.20. The van der Waals surface area contributed by atoms with E-state index in [1.807, 2.05) is 24.0 Å². The summed E-state index contributed by atoms with van der Waals surface area (Å²) in [6.45, 7) is 2.86. The van der Waals surface area contributed by atoms with Gasteiger partial charge in [-0.25, -0.2) is 0 Å². The molecule has 0 unspecified atom stereocenters. The van der Waals surface area contributed by atoms with Gasteiger partial charge >= 0.3 is 0 Å². The molecule has 17 heavy (non-hydrogen) atoms. The van der Waals surface area contributed by atoms with Crippen LogP contribution in [0.2, 0.25) is 0 Å². The zero-order valence-electron chi connectivity index (χ0n) is 9.93. The Kier molecular flexibility index (Phi) is 2.37. The van der Waals surface area contributed by atoms with Gasteiger partial charge in [-0.15, -0.1) is 0 Å². The molecule has 0 saturated heterocycles. The van der Waals surface area contributed by atoms with Gasteiger partial charge in [-0.05, 0) is 29.3 Å². The largest absolute Gasteiger partial charge is 0.399 e. The van der Waals surface area contributed by atoms with Crippen LogP contribution in [0, 0.1) is 0 Å². The Balaban J connectivity index is 1.74. The van der Waals surface area contributed by atoms with Crippen LogP contribution in [0.15, 0.2) is 30.5 Å². The fraction of sp³-hybridized carbons (Fsp3) is 0.308. The van der Waals surface area contributed by atoms with Gasteiger partial charge in [0, 0.05) is 38.6 Å². The summed E-state index contributed by atoms with van der Waals surface area (Å²) in [5, 5.41) is 4.40. The molecule has 4 heteroatoms. The summed E-state index contributed by atoms with van der Waals surface area (Å²) < 4.78 is 1.84. The van der Waals surface area contributed by atoms with Gasteiger partial charge in [0.25, 0.3) is 0 Å². The van der Waals surface area contributed by atoms with Gasteiger partial charge < -0.3 is 5.73 Å². The quantitative estimate of drug-likeness (QED) is 0.793. The van der Waals surface area contributed by atoms with E-state index in [2.05, 4.69) is 28.2 Å². The highest BCUT2D eigenvalue weighted by molar-refractivity contribution is 5.46. The highest BCUT2D eigenvalue weighted by atomic mass is 15.3. The van der Waals surface area contributed by atoms with E-state index < -0.39 is 0 Å². The normalized spacial score (nSPS) is 15.1. The van der Waals surface area contributed by atoms with Crippen molar-refractivity contribution >= 4 is 5.69 Å². The summed E-state index contributed by atoms with van der Waals surface area (Å²) in [5.41, 5.74) is 10.5. The third kappa shape index (κ3) is 2.03. The molecule has 2 N–H and O–H groups in total. The van der Waals surface area contributed by atoms with Crippen molar-refractivity contribution in [1.29, 1.82) is 0 Å². The molecule has 3 rings (SSSR count). The van der Waals surface area contributed by atoms with Crippen LogP contribution in [0.3, 0.4) is 0 Å². The van der Waals surface area contributed by atoms with E-state index in [-0.39, 0.29) is 0 Å². The van der Waals surface area contributed by atoms with Crippen molar-refractivity contribution in [1.82, 2.24) is 14.7 Å². The van der Waals surface area contributed by atoms with Crippen LogP contribution in [0.4, 0.5) is 5.69 Å². The molecule has 0 aliphatic carbocycles. The number of nitrogens with zero attached hydrogens (tertiary/aromatic N) is 3.